The number of para-hydroxylation sites is 1. The van der Waals surface area contributed by atoms with Gasteiger partial charge in [-0.15, -0.1) is 0 Å². The number of benzene rings is 2. The predicted octanol–water partition coefficient (Wildman–Crippen LogP) is 1.77. The fourth-order valence-electron chi connectivity index (χ4n) is 4.92. The molecule has 3 aliphatic rings. The average Bonchev–Trinajstić information content (AvgIpc) is 2.73. The summed E-state index contributed by atoms with van der Waals surface area (Å²) in [6.07, 6.45) is 0.202. The van der Waals surface area contributed by atoms with Crippen molar-refractivity contribution in [1.29, 1.82) is 0 Å². The number of halogens is 1. The first kappa shape index (κ1) is 18.7. The van der Waals surface area contributed by atoms with Gasteiger partial charge in [0.25, 0.3) is 5.91 Å². The summed E-state index contributed by atoms with van der Waals surface area (Å²) in [5, 5.41) is 2.40. The zero-order valence-corrected chi connectivity index (χ0v) is 16.5. The molecule has 3 aliphatic heterocycles. The number of piperazine rings is 1. The van der Waals surface area contributed by atoms with Crippen molar-refractivity contribution in [3.63, 3.8) is 0 Å². The molecule has 0 unspecified atom stereocenters. The average molecular weight is 408 g/mol. The number of likely N-dealkylation sites (N-methyl/N-ethyl adjacent to an activating group) is 1. The predicted molar refractivity (Wildman–Crippen MR) is 109 cm³/mol. The minimum absolute atomic E-state index is 0.202. The second-order valence-electron chi connectivity index (χ2n) is 8.12. The van der Waals surface area contributed by atoms with Crippen molar-refractivity contribution in [3.8, 4) is 0 Å². The fourth-order valence-corrected chi connectivity index (χ4v) is 4.92. The smallest absolute Gasteiger partial charge is 0.335 e. The number of carbonyl (C=O) groups is 3. The molecule has 154 valence electrons. The van der Waals surface area contributed by atoms with E-state index in [4.69, 9.17) is 0 Å². The number of fused-ring (bicyclic) bond motifs is 4. The lowest BCUT2D eigenvalue weighted by atomic mass is 9.67. The van der Waals surface area contributed by atoms with Gasteiger partial charge >= 0.3 is 6.03 Å². The van der Waals surface area contributed by atoms with Crippen LogP contribution in [-0.4, -0.2) is 55.5 Å². The third-order valence-electron chi connectivity index (χ3n) is 6.42. The molecule has 0 radical (unpaired) electrons. The van der Waals surface area contributed by atoms with Crippen LogP contribution in [0.5, 0.6) is 0 Å². The van der Waals surface area contributed by atoms with Gasteiger partial charge in [-0.25, -0.2) is 14.1 Å². The Morgan fingerprint density at radius 2 is 1.77 bits per heavy atom. The van der Waals surface area contributed by atoms with Gasteiger partial charge in [0.05, 0.1) is 11.7 Å². The molecular weight excluding hydrogens is 387 g/mol. The monoisotopic (exact) mass is 408 g/mol. The highest BCUT2D eigenvalue weighted by molar-refractivity contribution is 6.30. The Labute approximate surface area is 173 Å². The summed E-state index contributed by atoms with van der Waals surface area (Å²) < 4.78 is 13.4. The standard InChI is InChI=1S/C22H21FN4O3/c1-25-10-11-26-17-5-3-2-4-14(17)12-22(18(26)13-25)19(28)24-21(30)27(20(22)29)16-8-6-15(23)7-9-16/h2-9,18H,10-13H2,1H3,(H,24,28,30)/t18-,22-/m0/s1. The van der Waals surface area contributed by atoms with E-state index in [1.54, 1.807) is 0 Å². The summed E-state index contributed by atoms with van der Waals surface area (Å²) in [5.41, 5.74) is 0.702. The summed E-state index contributed by atoms with van der Waals surface area (Å²) in [6, 6.07) is 11.7. The molecule has 1 spiro atoms. The third-order valence-corrected chi connectivity index (χ3v) is 6.42. The molecule has 2 aromatic carbocycles. The number of barbiturate groups is 1. The molecule has 5 rings (SSSR count). The van der Waals surface area contributed by atoms with E-state index in [9.17, 15) is 18.8 Å². The Kier molecular flexibility index (Phi) is 4.14. The van der Waals surface area contributed by atoms with Crippen LogP contribution in [0.1, 0.15) is 5.56 Å². The molecule has 7 nitrogen and oxygen atoms in total. The number of nitrogens with zero attached hydrogens (tertiary/aromatic N) is 3. The maximum atomic E-state index is 13.9. The van der Waals surface area contributed by atoms with E-state index >= 15 is 0 Å². The van der Waals surface area contributed by atoms with Gasteiger partial charge in [-0.1, -0.05) is 18.2 Å². The zero-order valence-electron chi connectivity index (χ0n) is 16.5. The van der Waals surface area contributed by atoms with E-state index in [0.717, 1.165) is 22.7 Å². The maximum absolute atomic E-state index is 13.9. The minimum atomic E-state index is -1.45. The molecule has 2 aromatic rings. The van der Waals surface area contributed by atoms with Gasteiger partial charge in [-0.05, 0) is 49.4 Å². The fraction of sp³-hybridized carbons (Fsp3) is 0.318. The second-order valence-corrected chi connectivity index (χ2v) is 8.12. The van der Waals surface area contributed by atoms with Crippen molar-refractivity contribution < 1.29 is 18.8 Å². The number of anilines is 2. The summed E-state index contributed by atoms with van der Waals surface area (Å²) >= 11 is 0. The first-order valence-electron chi connectivity index (χ1n) is 9.90. The minimum Gasteiger partial charge on any atom is -0.364 e. The Bertz CT molecular complexity index is 1060. The van der Waals surface area contributed by atoms with Gasteiger partial charge < -0.3 is 9.80 Å². The van der Waals surface area contributed by atoms with Gasteiger partial charge in [0.1, 0.15) is 5.82 Å². The summed E-state index contributed by atoms with van der Waals surface area (Å²) in [5.74, 6) is -1.61. The van der Waals surface area contributed by atoms with E-state index in [1.165, 1.54) is 24.3 Å². The summed E-state index contributed by atoms with van der Waals surface area (Å²) in [4.78, 5) is 45.0. The SMILES string of the molecule is CN1CCN2c3ccccc3C[C@@]3(C(=O)NC(=O)N(c4ccc(F)cc4)C3=O)[C@@H]2C1. The van der Waals surface area contributed by atoms with Gasteiger partial charge in [0, 0.05) is 25.3 Å². The number of urea groups is 1. The molecule has 2 atom stereocenters. The highest BCUT2D eigenvalue weighted by Gasteiger charge is 2.62. The van der Waals surface area contributed by atoms with Crippen LogP contribution >= 0.6 is 0 Å². The number of rotatable bonds is 1. The van der Waals surface area contributed by atoms with Crippen LogP contribution in [-0.2, 0) is 16.0 Å². The number of carbonyl (C=O) groups excluding carboxylic acids is 3. The van der Waals surface area contributed by atoms with Crippen LogP contribution in [0.3, 0.4) is 0 Å². The first-order chi connectivity index (χ1) is 14.4. The third kappa shape index (κ3) is 2.56. The van der Waals surface area contributed by atoms with Crippen molar-refractivity contribution in [1.82, 2.24) is 10.2 Å². The van der Waals surface area contributed by atoms with E-state index in [-0.39, 0.29) is 12.1 Å². The number of nitrogens with one attached hydrogen (secondary N) is 1. The molecule has 8 heteroatoms. The highest BCUT2D eigenvalue weighted by Crippen LogP contribution is 2.46. The molecule has 1 N–H and O–H groups in total. The van der Waals surface area contributed by atoms with Crippen molar-refractivity contribution in [3.05, 3.63) is 59.9 Å². The number of amides is 4. The van der Waals surface area contributed by atoms with E-state index in [0.29, 0.717) is 13.1 Å². The lowest BCUT2D eigenvalue weighted by molar-refractivity contribution is -0.145. The van der Waals surface area contributed by atoms with Crippen molar-refractivity contribution in [2.75, 3.05) is 36.5 Å². The topological polar surface area (TPSA) is 73.0 Å². The van der Waals surface area contributed by atoms with Crippen LogP contribution in [0.4, 0.5) is 20.6 Å². The van der Waals surface area contributed by atoms with Crippen LogP contribution in [0.15, 0.2) is 48.5 Å². The molecule has 4 amide bonds. The van der Waals surface area contributed by atoms with E-state index < -0.39 is 35.1 Å². The maximum Gasteiger partial charge on any atom is 0.335 e. The van der Waals surface area contributed by atoms with Crippen molar-refractivity contribution in [2.24, 2.45) is 5.41 Å². The quantitative estimate of drug-likeness (QED) is 0.729. The Morgan fingerprint density at radius 3 is 2.53 bits per heavy atom. The molecule has 2 fully saturated rings. The van der Waals surface area contributed by atoms with Crippen molar-refractivity contribution >= 4 is 29.2 Å². The second kappa shape index (κ2) is 6.63. The zero-order chi connectivity index (χ0) is 21.0. The van der Waals surface area contributed by atoms with Crippen molar-refractivity contribution in [2.45, 2.75) is 12.5 Å². The van der Waals surface area contributed by atoms with Gasteiger partial charge in [-0.3, -0.25) is 14.9 Å². The molecule has 30 heavy (non-hydrogen) atoms. The molecule has 0 aromatic heterocycles. The Hall–Kier alpha value is -3.26. The van der Waals surface area contributed by atoms with Crippen LogP contribution in [0.25, 0.3) is 0 Å². The lowest BCUT2D eigenvalue weighted by Gasteiger charge is -2.55. The van der Waals surface area contributed by atoms with Crippen LogP contribution in [0.2, 0.25) is 0 Å². The molecule has 3 heterocycles. The van der Waals surface area contributed by atoms with E-state index in [2.05, 4.69) is 15.1 Å². The molecule has 0 saturated carbocycles. The highest BCUT2D eigenvalue weighted by atomic mass is 19.1. The van der Waals surface area contributed by atoms with Gasteiger partial charge in [0.15, 0.2) is 5.41 Å². The molecule has 0 bridgehead atoms. The normalized spacial score (nSPS) is 26.5. The molecular formula is C22H21FN4O3. The van der Waals surface area contributed by atoms with Gasteiger partial charge in [-0.2, -0.15) is 0 Å². The molecule has 2 saturated heterocycles. The van der Waals surface area contributed by atoms with Crippen LogP contribution < -0.4 is 15.1 Å². The summed E-state index contributed by atoms with van der Waals surface area (Å²) in [7, 11) is 1.96. The summed E-state index contributed by atoms with van der Waals surface area (Å²) in [6.45, 7) is 1.99. The Morgan fingerprint density at radius 1 is 1.03 bits per heavy atom. The van der Waals surface area contributed by atoms with Gasteiger partial charge in [0.2, 0.25) is 5.91 Å². The number of imide groups is 2. The molecule has 0 aliphatic carbocycles. The largest absolute Gasteiger partial charge is 0.364 e. The number of hydrogen-bond donors (Lipinski definition) is 1. The first-order valence-corrected chi connectivity index (χ1v) is 9.90. The van der Waals surface area contributed by atoms with E-state index in [1.807, 2.05) is 31.3 Å². The lowest BCUT2D eigenvalue weighted by Crippen LogP contribution is -2.75. The Balaban J connectivity index is 1.66. The number of hydrogen-bond acceptors (Lipinski definition) is 5. The van der Waals surface area contributed by atoms with Crippen LogP contribution in [0, 0.1) is 11.2 Å².